The van der Waals surface area contributed by atoms with Crippen LogP contribution < -0.4 is 5.32 Å². The summed E-state index contributed by atoms with van der Waals surface area (Å²) in [5.41, 5.74) is -0.0131. The van der Waals surface area contributed by atoms with Crippen molar-refractivity contribution < 1.29 is 19.8 Å². The fraction of sp³-hybridized carbons (Fsp3) is 0.500. The quantitative estimate of drug-likeness (QED) is 0.724. The minimum Gasteiger partial charge on any atom is -0.476 e. The van der Waals surface area contributed by atoms with Gasteiger partial charge in [-0.1, -0.05) is 0 Å². The largest absolute Gasteiger partial charge is 0.476 e. The molecule has 0 radical (unpaired) electrons. The lowest BCUT2D eigenvalue weighted by atomic mass is 10.3. The van der Waals surface area contributed by atoms with Gasteiger partial charge in [-0.25, -0.2) is 14.6 Å². The number of amides is 2. The van der Waals surface area contributed by atoms with Gasteiger partial charge < -0.3 is 20.4 Å². The van der Waals surface area contributed by atoms with Crippen LogP contribution in [0.2, 0.25) is 0 Å². The molecule has 98 valence electrons. The van der Waals surface area contributed by atoms with E-state index in [0.717, 1.165) is 0 Å². The van der Waals surface area contributed by atoms with Crippen LogP contribution in [0.4, 0.5) is 4.79 Å². The van der Waals surface area contributed by atoms with Gasteiger partial charge in [-0.05, 0) is 6.42 Å². The lowest BCUT2D eigenvalue weighted by Gasteiger charge is -2.15. The molecule has 1 fully saturated rings. The van der Waals surface area contributed by atoms with Crippen LogP contribution in [0.5, 0.6) is 0 Å². The van der Waals surface area contributed by atoms with Gasteiger partial charge in [-0.15, -0.1) is 11.3 Å². The van der Waals surface area contributed by atoms with E-state index < -0.39 is 12.1 Å². The van der Waals surface area contributed by atoms with E-state index in [1.54, 1.807) is 0 Å². The lowest BCUT2D eigenvalue weighted by molar-refractivity contribution is 0.0691. The minimum absolute atomic E-state index is 0.0131. The highest BCUT2D eigenvalue weighted by Gasteiger charge is 2.24. The van der Waals surface area contributed by atoms with E-state index in [0.29, 0.717) is 24.5 Å². The normalized spacial score (nSPS) is 18.9. The number of aliphatic hydroxyl groups excluding tert-OH is 1. The van der Waals surface area contributed by atoms with E-state index >= 15 is 0 Å². The zero-order valence-electron chi connectivity index (χ0n) is 9.50. The monoisotopic (exact) mass is 271 g/mol. The molecular formula is C10H13N3O4S. The van der Waals surface area contributed by atoms with Gasteiger partial charge in [0, 0.05) is 18.5 Å². The van der Waals surface area contributed by atoms with Crippen molar-refractivity contribution in [3.8, 4) is 0 Å². The molecule has 2 amide bonds. The van der Waals surface area contributed by atoms with Crippen molar-refractivity contribution in [3.63, 3.8) is 0 Å². The van der Waals surface area contributed by atoms with Crippen LogP contribution >= 0.6 is 11.3 Å². The van der Waals surface area contributed by atoms with Crippen LogP contribution in [-0.4, -0.2) is 51.3 Å². The number of likely N-dealkylation sites (tertiary alicyclic amines) is 1. The molecule has 0 aliphatic carbocycles. The number of carboxylic acids is 1. The number of carbonyl (C=O) groups is 2. The second-order valence-corrected chi connectivity index (χ2v) is 4.92. The van der Waals surface area contributed by atoms with Gasteiger partial charge >= 0.3 is 12.0 Å². The highest BCUT2D eigenvalue weighted by Crippen LogP contribution is 2.11. The number of carbonyl (C=O) groups excluding carboxylic acids is 1. The number of urea groups is 1. The Labute approximate surface area is 107 Å². The molecule has 1 aliphatic heterocycles. The van der Waals surface area contributed by atoms with Gasteiger partial charge in [0.1, 0.15) is 5.01 Å². The predicted octanol–water partition coefficient (Wildman–Crippen LogP) is 0.118. The molecule has 3 N–H and O–H groups in total. The Bertz CT molecular complexity index is 462. The molecule has 1 unspecified atom stereocenters. The zero-order chi connectivity index (χ0) is 13.1. The molecule has 0 saturated carbocycles. The van der Waals surface area contributed by atoms with E-state index in [1.165, 1.54) is 21.6 Å². The van der Waals surface area contributed by atoms with E-state index in [9.17, 15) is 14.7 Å². The fourth-order valence-corrected chi connectivity index (χ4v) is 2.39. The Hall–Kier alpha value is -1.67. The third kappa shape index (κ3) is 2.96. The number of nitrogens with zero attached hydrogens (tertiary/aromatic N) is 2. The van der Waals surface area contributed by atoms with Gasteiger partial charge in [0.2, 0.25) is 0 Å². The third-order valence-corrected chi connectivity index (χ3v) is 3.46. The van der Waals surface area contributed by atoms with Crippen LogP contribution in [0.3, 0.4) is 0 Å². The van der Waals surface area contributed by atoms with Crippen LogP contribution in [0.15, 0.2) is 5.38 Å². The van der Waals surface area contributed by atoms with Crippen LogP contribution in [0, 0.1) is 0 Å². The van der Waals surface area contributed by atoms with Gasteiger partial charge in [0.05, 0.1) is 12.6 Å². The first-order valence-corrected chi connectivity index (χ1v) is 6.33. The summed E-state index contributed by atoms with van der Waals surface area (Å²) >= 11 is 1.19. The third-order valence-electron chi connectivity index (χ3n) is 2.61. The standard InChI is InChI=1S/C10H13N3O4S/c14-6-1-2-13(4-6)10(17)11-3-8-12-7(5-18-8)9(15)16/h5-6,14H,1-4H2,(H,11,17)(H,15,16). The molecule has 2 rings (SSSR count). The molecule has 0 spiro atoms. The van der Waals surface area contributed by atoms with Crippen molar-refractivity contribution in [2.24, 2.45) is 0 Å². The first-order valence-electron chi connectivity index (χ1n) is 5.45. The number of rotatable bonds is 3. The molecule has 1 aromatic rings. The second-order valence-electron chi connectivity index (χ2n) is 3.98. The molecule has 8 heteroatoms. The van der Waals surface area contributed by atoms with Crippen LogP contribution in [0.1, 0.15) is 21.9 Å². The smallest absolute Gasteiger partial charge is 0.355 e. The molecule has 1 aromatic heterocycles. The first kappa shape index (κ1) is 12.8. The lowest BCUT2D eigenvalue weighted by Crippen LogP contribution is -2.38. The molecule has 18 heavy (non-hydrogen) atoms. The predicted molar refractivity (Wildman–Crippen MR) is 63.5 cm³/mol. The molecule has 1 atom stereocenters. The topological polar surface area (TPSA) is 103 Å². The Morgan fingerprint density at radius 3 is 2.94 bits per heavy atom. The van der Waals surface area contributed by atoms with E-state index in [4.69, 9.17) is 5.11 Å². The number of aromatic carboxylic acids is 1. The summed E-state index contributed by atoms with van der Waals surface area (Å²) in [6, 6.07) is -0.265. The van der Waals surface area contributed by atoms with Gasteiger partial charge in [-0.3, -0.25) is 0 Å². The number of aliphatic hydroxyl groups is 1. The number of β-amino-alcohol motifs (C(OH)–C–C–N with tert-alkyl or cyclic N) is 1. The summed E-state index contributed by atoms with van der Waals surface area (Å²) in [6.45, 7) is 1.07. The average molecular weight is 271 g/mol. The number of carboxylic acid groups (broad SMARTS) is 1. The van der Waals surface area contributed by atoms with Gasteiger partial charge in [0.15, 0.2) is 5.69 Å². The molecule has 2 heterocycles. The molecule has 1 saturated heterocycles. The summed E-state index contributed by atoms with van der Waals surface area (Å²) in [6.07, 6.45) is 0.141. The van der Waals surface area contributed by atoms with E-state index in [-0.39, 0.29) is 18.3 Å². The number of aromatic nitrogens is 1. The first-order chi connectivity index (χ1) is 8.56. The summed E-state index contributed by atoms with van der Waals surface area (Å²) in [5.74, 6) is -1.08. The van der Waals surface area contributed by atoms with Gasteiger partial charge in [-0.2, -0.15) is 0 Å². The molecule has 1 aliphatic rings. The summed E-state index contributed by atoms with van der Waals surface area (Å²) in [7, 11) is 0. The fourth-order valence-electron chi connectivity index (χ4n) is 1.68. The van der Waals surface area contributed by atoms with Crippen LogP contribution in [0.25, 0.3) is 0 Å². The van der Waals surface area contributed by atoms with Crippen LogP contribution in [-0.2, 0) is 6.54 Å². The SMILES string of the molecule is O=C(O)c1csc(CNC(=O)N2CCC(O)C2)n1. The molecular weight excluding hydrogens is 258 g/mol. The molecule has 0 bridgehead atoms. The number of thiazole rings is 1. The number of hydrogen-bond donors (Lipinski definition) is 3. The number of hydrogen-bond acceptors (Lipinski definition) is 5. The maximum absolute atomic E-state index is 11.7. The Kier molecular flexibility index (Phi) is 3.78. The Balaban J connectivity index is 1.83. The zero-order valence-corrected chi connectivity index (χ0v) is 10.3. The Morgan fingerprint density at radius 2 is 2.39 bits per heavy atom. The molecule has 7 nitrogen and oxygen atoms in total. The van der Waals surface area contributed by atoms with Crippen molar-refractivity contribution in [2.75, 3.05) is 13.1 Å². The van der Waals surface area contributed by atoms with Crippen molar-refractivity contribution in [2.45, 2.75) is 19.1 Å². The summed E-state index contributed by atoms with van der Waals surface area (Å²) < 4.78 is 0. The maximum atomic E-state index is 11.7. The van der Waals surface area contributed by atoms with E-state index in [2.05, 4.69) is 10.3 Å². The molecule has 0 aromatic carbocycles. The minimum atomic E-state index is -1.08. The summed E-state index contributed by atoms with van der Waals surface area (Å²) in [4.78, 5) is 27.7. The average Bonchev–Trinajstić information content (AvgIpc) is 2.94. The van der Waals surface area contributed by atoms with Crippen molar-refractivity contribution in [3.05, 3.63) is 16.1 Å². The number of nitrogens with one attached hydrogen (secondary N) is 1. The van der Waals surface area contributed by atoms with Crippen molar-refractivity contribution in [1.29, 1.82) is 0 Å². The maximum Gasteiger partial charge on any atom is 0.355 e. The Morgan fingerprint density at radius 1 is 1.61 bits per heavy atom. The van der Waals surface area contributed by atoms with Crippen molar-refractivity contribution >= 4 is 23.3 Å². The van der Waals surface area contributed by atoms with Gasteiger partial charge in [0.25, 0.3) is 0 Å². The van der Waals surface area contributed by atoms with Crippen molar-refractivity contribution in [1.82, 2.24) is 15.2 Å². The summed E-state index contributed by atoms with van der Waals surface area (Å²) in [5, 5.41) is 22.6. The second kappa shape index (κ2) is 5.32. The highest BCUT2D eigenvalue weighted by molar-refractivity contribution is 7.09. The van der Waals surface area contributed by atoms with E-state index in [1.807, 2.05) is 0 Å². The highest BCUT2D eigenvalue weighted by atomic mass is 32.1.